The summed E-state index contributed by atoms with van der Waals surface area (Å²) in [6, 6.07) is 8.61. The molecule has 0 radical (unpaired) electrons. The van der Waals surface area contributed by atoms with Gasteiger partial charge in [0.05, 0.1) is 6.10 Å². The summed E-state index contributed by atoms with van der Waals surface area (Å²) < 4.78 is 6.07. The number of guanidine groups is 1. The maximum Gasteiger partial charge on any atom is 0.223 e. The third kappa shape index (κ3) is 6.02. The number of amides is 1. The van der Waals surface area contributed by atoms with Crippen LogP contribution in [0.15, 0.2) is 29.3 Å². The predicted octanol–water partition coefficient (Wildman–Crippen LogP) is 2.11. The van der Waals surface area contributed by atoms with Crippen LogP contribution in [0.1, 0.15) is 36.5 Å². The first kappa shape index (κ1) is 20.2. The molecule has 1 aliphatic rings. The van der Waals surface area contributed by atoms with Crippen molar-refractivity contribution in [2.45, 2.75) is 32.3 Å². The molecule has 1 aromatic rings. The van der Waals surface area contributed by atoms with Crippen molar-refractivity contribution in [2.75, 3.05) is 40.8 Å². The van der Waals surface area contributed by atoms with Crippen LogP contribution in [0.3, 0.4) is 0 Å². The summed E-state index contributed by atoms with van der Waals surface area (Å²) in [6.45, 7) is 4.27. The number of nitrogens with one attached hydrogen (secondary N) is 2. The quantitative estimate of drug-likeness (QED) is 0.602. The standard InChI is InChI=1S/C20H32N4O2/c1-15-7-9-16(10-8-15)19-17(6-5-13-26-19)14-23-20(21-2)22-12-11-18(25)24(3)4/h7-10,17,19H,5-6,11-14H2,1-4H3,(H2,21,22,23). The molecule has 2 atom stereocenters. The Morgan fingerprint density at radius 1 is 1.27 bits per heavy atom. The lowest BCUT2D eigenvalue weighted by Gasteiger charge is -2.32. The monoisotopic (exact) mass is 360 g/mol. The molecule has 1 aliphatic heterocycles. The second-order valence-corrected chi connectivity index (χ2v) is 7.02. The van der Waals surface area contributed by atoms with Crippen LogP contribution in [-0.4, -0.2) is 57.6 Å². The van der Waals surface area contributed by atoms with E-state index in [9.17, 15) is 4.79 Å². The van der Waals surface area contributed by atoms with Crippen LogP contribution in [0.2, 0.25) is 0 Å². The lowest BCUT2D eigenvalue weighted by atomic mass is 9.89. The zero-order chi connectivity index (χ0) is 18.9. The van der Waals surface area contributed by atoms with Crippen molar-refractivity contribution >= 4 is 11.9 Å². The Morgan fingerprint density at radius 3 is 2.65 bits per heavy atom. The molecule has 0 aliphatic carbocycles. The molecule has 1 saturated heterocycles. The van der Waals surface area contributed by atoms with Crippen LogP contribution in [-0.2, 0) is 9.53 Å². The van der Waals surface area contributed by atoms with Crippen molar-refractivity contribution in [2.24, 2.45) is 10.9 Å². The fraction of sp³-hybridized carbons (Fsp3) is 0.600. The largest absolute Gasteiger partial charge is 0.373 e. The molecular formula is C20H32N4O2. The fourth-order valence-electron chi connectivity index (χ4n) is 3.14. The van der Waals surface area contributed by atoms with E-state index in [1.54, 1.807) is 26.0 Å². The number of benzene rings is 1. The predicted molar refractivity (Wildman–Crippen MR) is 105 cm³/mol. The summed E-state index contributed by atoms with van der Waals surface area (Å²) in [5, 5.41) is 6.59. The van der Waals surface area contributed by atoms with Gasteiger partial charge in [-0.3, -0.25) is 9.79 Å². The Kier molecular flexibility index (Phi) is 7.91. The number of rotatable bonds is 6. The van der Waals surface area contributed by atoms with Gasteiger partial charge < -0.3 is 20.3 Å². The lowest BCUT2D eigenvalue weighted by Crippen LogP contribution is -2.43. The maximum absolute atomic E-state index is 11.7. The van der Waals surface area contributed by atoms with Crippen LogP contribution in [0.25, 0.3) is 0 Å². The summed E-state index contributed by atoms with van der Waals surface area (Å²) in [7, 11) is 5.28. The van der Waals surface area contributed by atoms with Gasteiger partial charge in [0.25, 0.3) is 0 Å². The molecule has 1 amide bonds. The summed E-state index contributed by atoms with van der Waals surface area (Å²) in [6.07, 6.45) is 2.77. The minimum absolute atomic E-state index is 0.105. The van der Waals surface area contributed by atoms with Gasteiger partial charge >= 0.3 is 0 Å². The molecule has 0 bridgehead atoms. The van der Waals surface area contributed by atoms with Crippen molar-refractivity contribution in [3.8, 4) is 0 Å². The van der Waals surface area contributed by atoms with Gasteiger partial charge in [0, 0.05) is 53.2 Å². The van der Waals surface area contributed by atoms with E-state index < -0.39 is 0 Å². The molecule has 26 heavy (non-hydrogen) atoms. The van der Waals surface area contributed by atoms with Crippen LogP contribution in [0, 0.1) is 12.8 Å². The summed E-state index contributed by atoms with van der Waals surface area (Å²) >= 11 is 0. The number of aliphatic imine (C=N–C) groups is 1. The van der Waals surface area contributed by atoms with Crippen LogP contribution in [0.4, 0.5) is 0 Å². The van der Waals surface area contributed by atoms with Gasteiger partial charge in [-0.05, 0) is 25.3 Å². The highest BCUT2D eigenvalue weighted by Crippen LogP contribution is 2.33. The van der Waals surface area contributed by atoms with Gasteiger partial charge in [-0.1, -0.05) is 29.8 Å². The smallest absolute Gasteiger partial charge is 0.223 e. The number of carbonyl (C=O) groups is 1. The second-order valence-electron chi connectivity index (χ2n) is 7.02. The number of hydrogen-bond acceptors (Lipinski definition) is 3. The van der Waals surface area contributed by atoms with E-state index in [1.807, 2.05) is 0 Å². The highest BCUT2D eigenvalue weighted by molar-refractivity contribution is 5.81. The van der Waals surface area contributed by atoms with Crippen LogP contribution < -0.4 is 10.6 Å². The van der Waals surface area contributed by atoms with Gasteiger partial charge in [0.15, 0.2) is 5.96 Å². The molecule has 2 rings (SSSR count). The van der Waals surface area contributed by atoms with Crippen LogP contribution >= 0.6 is 0 Å². The first-order valence-corrected chi connectivity index (χ1v) is 9.34. The molecule has 6 nitrogen and oxygen atoms in total. The van der Waals surface area contributed by atoms with Crippen molar-refractivity contribution in [3.05, 3.63) is 35.4 Å². The number of aryl methyl sites for hydroxylation is 1. The molecule has 144 valence electrons. The van der Waals surface area contributed by atoms with Gasteiger partial charge in [0.1, 0.15) is 0 Å². The number of hydrogen-bond donors (Lipinski definition) is 2. The zero-order valence-electron chi connectivity index (χ0n) is 16.4. The Labute approximate surface area is 157 Å². The highest BCUT2D eigenvalue weighted by atomic mass is 16.5. The minimum Gasteiger partial charge on any atom is -0.373 e. The SMILES string of the molecule is CN=C(NCCC(=O)N(C)C)NCC1CCCOC1c1ccc(C)cc1. The molecule has 1 heterocycles. The summed E-state index contributed by atoms with van der Waals surface area (Å²) in [5.74, 6) is 1.23. The zero-order valence-corrected chi connectivity index (χ0v) is 16.4. The summed E-state index contributed by atoms with van der Waals surface area (Å²) in [4.78, 5) is 17.5. The minimum atomic E-state index is 0.105. The van der Waals surface area contributed by atoms with Gasteiger partial charge in [-0.2, -0.15) is 0 Å². The van der Waals surface area contributed by atoms with E-state index in [1.165, 1.54) is 11.1 Å². The molecule has 0 aromatic heterocycles. The Morgan fingerprint density at radius 2 is 2.00 bits per heavy atom. The van der Waals surface area contributed by atoms with E-state index in [2.05, 4.69) is 46.8 Å². The molecule has 2 N–H and O–H groups in total. The third-order valence-corrected chi connectivity index (χ3v) is 4.74. The normalized spacial score (nSPS) is 20.5. The number of ether oxygens (including phenoxy) is 1. The highest BCUT2D eigenvalue weighted by Gasteiger charge is 2.27. The van der Waals surface area contributed by atoms with Crippen molar-refractivity contribution in [1.29, 1.82) is 0 Å². The van der Waals surface area contributed by atoms with Crippen molar-refractivity contribution in [1.82, 2.24) is 15.5 Å². The molecule has 1 fully saturated rings. The molecule has 2 unspecified atom stereocenters. The van der Waals surface area contributed by atoms with Crippen LogP contribution in [0.5, 0.6) is 0 Å². The lowest BCUT2D eigenvalue weighted by molar-refractivity contribution is -0.128. The van der Waals surface area contributed by atoms with Gasteiger partial charge in [-0.25, -0.2) is 0 Å². The topological polar surface area (TPSA) is 66.0 Å². The Balaban J connectivity index is 1.86. The first-order valence-electron chi connectivity index (χ1n) is 9.34. The number of nitrogens with zero attached hydrogens (tertiary/aromatic N) is 2. The molecule has 6 heteroatoms. The van der Waals surface area contributed by atoms with E-state index in [-0.39, 0.29) is 12.0 Å². The average molecular weight is 361 g/mol. The van der Waals surface area contributed by atoms with Crippen molar-refractivity contribution < 1.29 is 9.53 Å². The van der Waals surface area contributed by atoms with Gasteiger partial charge in [0.2, 0.25) is 5.91 Å². The average Bonchev–Trinajstić information content (AvgIpc) is 2.65. The molecule has 0 saturated carbocycles. The Bertz CT molecular complexity index is 598. The Hall–Kier alpha value is -2.08. The van der Waals surface area contributed by atoms with E-state index in [0.29, 0.717) is 18.9 Å². The first-order chi connectivity index (χ1) is 12.5. The van der Waals surface area contributed by atoms with Gasteiger partial charge in [-0.15, -0.1) is 0 Å². The summed E-state index contributed by atoms with van der Waals surface area (Å²) in [5.41, 5.74) is 2.50. The number of carbonyl (C=O) groups excluding carboxylic acids is 1. The third-order valence-electron chi connectivity index (χ3n) is 4.74. The second kappa shape index (κ2) is 10.2. The molecule has 1 aromatic carbocycles. The van der Waals surface area contributed by atoms with E-state index >= 15 is 0 Å². The molecular weight excluding hydrogens is 328 g/mol. The maximum atomic E-state index is 11.7. The van der Waals surface area contributed by atoms with Crippen molar-refractivity contribution in [3.63, 3.8) is 0 Å². The van der Waals surface area contributed by atoms with E-state index in [0.717, 1.165) is 32.0 Å². The van der Waals surface area contributed by atoms with E-state index in [4.69, 9.17) is 4.74 Å². The fourth-order valence-corrected chi connectivity index (χ4v) is 3.14. The molecule has 0 spiro atoms.